The molecule has 3 aliphatic heterocycles. The molecule has 0 amide bonds. The fourth-order valence-electron chi connectivity index (χ4n) is 6.21. The number of nitrogens with zero attached hydrogens (tertiary/aromatic N) is 2. The van der Waals surface area contributed by atoms with Crippen molar-refractivity contribution >= 4 is 11.4 Å². The maximum absolute atomic E-state index is 12.0. The molecule has 0 aliphatic carbocycles. The van der Waals surface area contributed by atoms with E-state index in [1.54, 1.807) is 0 Å². The van der Waals surface area contributed by atoms with Crippen LogP contribution in [0.1, 0.15) is 38.3 Å². The van der Waals surface area contributed by atoms with Crippen LogP contribution in [0.15, 0.2) is 73.8 Å². The number of fused-ring (bicyclic) bond motifs is 4. The highest BCUT2D eigenvalue weighted by molar-refractivity contribution is 5.71. The van der Waals surface area contributed by atoms with Crippen LogP contribution < -0.4 is 9.80 Å². The molecule has 3 aliphatic rings. The zero-order valence-electron chi connectivity index (χ0n) is 18.1. The van der Waals surface area contributed by atoms with Gasteiger partial charge in [-0.2, -0.15) is 0 Å². The predicted molar refractivity (Wildman–Crippen MR) is 122 cm³/mol. The van der Waals surface area contributed by atoms with Crippen LogP contribution in [0.25, 0.3) is 0 Å². The van der Waals surface area contributed by atoms with Gasteiger partial charge in [0.1, 0.15) is 11.2 Å². The molecule has 1 fully saturated rings. The Morgan fingerprint density at radius 2 is 1.43 bits per heavy atom. The summed E-state index contributed by atoms with van der Waals surface area (Å²) in [5, 5.41) is 12.0. The highest BCUT2D eigenvalue weighted by atomic mass is 16.6. The molecule has 0 bridgehead atoms. The summed E-state index contributed by atoms with van der Waals surface area (Å²) in [5.41, 5.74) is 1.26. The zero-order valence-corrected chi connectivity index (χ0v) is 18.1. The molecule has 4 nitrogen and oxygen atoms in total. The van der Waals surface area contributed by atoms with Crippen LogP contribution in [0.3, 0.4) is 0 Å². The number of hydrogen-bond donors (Lipinski definition) is 1. The van der Waals surface area contributed by atoms with Crippen LogP contribution in [-0.2, 0) is 15.9 Å². The Morgan fingerprint density at radius 3 is 2.07 bits per heavy atom. The molecule has 3 heterocycles. The van der Waals surface area contributed by atoms with E-state index in [-0.39, 0.29) is 5.54 Å². The van der Waals surface area contributed by atoms with Crippen molar-refractivity contribution in [2.45, 2.75) is 49.7 Å². The molecule has 156 valence electrons. The number of hydrogen-bond acceptors (Lipinski definition) is 4. The molecule has 4 atom stereocenters. The van der Waals surface area contributed by atoms with E-state index in [4.69, 9.17) is 4.74 Å². The first-order chi connectivity index (χ1) is 14.3. The van der Waals surface area contributed by atoms with Crippen LogP contribution in [0, 0.1) is 0 Å². The zero-order chi connectivity index (χ0) is 21.4. The Bertz CT molecular complexity index is 1050. The Labute approximate surface area is 179 Å². The van der Waals surface area contributed by atoms with Crippen molar-refractivity contribution in [3.8, 4) is 0 Å². The molecule has 1 spiro atoms. The molecule has 4 heteroatoms. The average Bonchev–Trinajstić information content (AvgIpc) is 3.16. The van der Waals surface area contributed by atoms with E-state index >= 15 is 0 Å². The van der Waals surface area contributed by atoms with Gasteiger partial charge in [-0.15, -0.1) is 13.2 Å². The van der Waals surface area contributed by atoms with Gasteiger partial charge >= 0.3 is 0 Å². The predicted octanol–water partition coefficient (Wildman–Crippen LogP) is 4.70. The Kier molecular flexibility index (Phi) is 3.88. The number of anilines is 2. The average molecular weight is 403 g/mol. The number of benzene rings is 2. The summed E-state index contributed by atoms with van der Waals surface area (Å²) in [6.07, 6.45) is 4.48. The van der Waals surface area contributed by atoms with E-state index in [1.807, 2.05) is 37.3 Å². The van der Waals surface area contributed by atoms with Gasteiger partial charge in [0.2, 0.25) is 0 Å². The largest absolute Gasteiger partial charge is 0.380 e. The van der Waals surface area contributed by atoms with Crippen LogP contribution in [0.4, 0.5) is 11.4 Å². The lowest BCUT2D eigenvalue weighted by molar-refractivity contribution is -0.194. The summed E-state index contributed by atoms with van der Waals surface area (Å²) in [6, 6.07) is 16.5. The van der Waals surface area contributed by atoms with Crippen molar-refractivity contribution in [3.63, 3.8) is 0 Å². The maximum Gasteiger partial charge on any atom is 0.178 e. The number of ether oxygens (including phenoxy) is 1. The molecule has 5 rings (SSSR count). The second-order valence-corrected chi connectivity index (χ2v) is 9.28. The molecule has 0 radical (unpaired) electrons. The van der Waals surface area contributed by atoms with Gasteiger partial charge in [-0.3, -0.25) is 0 Å². The van der Waals surface area contributed by atoms with E-state index in [2.05, 4.69) is 67.1 Å². The summed E-state index contributed by atoms with van der Waals surface area (Å²) in [4.78, 5) is 4.61. The van der Waals surface area contributed by atoms with Crippen LogP contribution in [0.2, 0.25) is 0 Å². The Hall–Kier alpha value is -2.56. The van der Waals surface area contributed by atoms with Gasteiger partial charge in [0.25, 0.3) is 0 Å². The van der Waals surface area contributed by atoms with Crippen molar-refractivity contribution < 1.29 is 9.84 Å². The third-order valence-corrected chi connectivity index (χ3v) is 7.83. The van der Waals surface area contributed by atoms with Crippen molar-refractivity contribution in [1.82, 2.24) is 0 Å². The van der Waals surface area contributed by atoms with E-state index in [0.717, 1.165) is 23.4 Å². The molecular formula is C26H30N2O2. The first-order valence-electron chi connectivity index (χ1n) is 10.7. The van der Waals surface area contributed by atoms with Gasteiger partial charge in [0.15, 0.2) is 5.72 Å². The molecule has 0 unspecified atom stereocenters. The molecule has 30 heavy (non-hydrogen) atoms. The highest BCUT2D eigenvalue weighted by Gasteiger charge is 2.75. The van der Waals surface area contributed by atoms with Gasteiger partial charge in [-0.25, -0.2) is 0 Å². The third kappa shape index (κ3) is 1.99. The van der Waals surface area contributed by atoms with Gasteiger partial charge in [-0.1, -0.05) is 48.6 Å². The molecular weight excluding hydrogens is 372 g/mol. The molecule has 1 saturated heterocycles. The minimum Gasteiger partial charge on any atom is -0.380 e. The normalized spacial score (nSPS) is 36.0. The summed E-state index contributed by atoms with van der Waals surface area (Å²) >= 11 is 0. The summed E-state index contributed by atoms with van der Waals surface area (Å²) in [5.74, 6) is 0. The molecule has 2 aromatic carbocycles. The summed E-state index contributed by atoms with van der Waals surface area (Å²) in [6.45, 7) is 15.6. The first-order valence-corrected chi connectivity index (χ1v) is 10.7. The van der Waals surface area contributed by atoms with Crippen molar-refractivity contribution in [1.29, 1.82) is 0 Å². The minimum absolute atomic E-state index is 0.351. The first kappa shape index (κ1) is 19.4. The van der Waals surface area contributed by atoms with Crippen LogP contribution in [0.5, 0.6) is 0 Å². The van der Waals surface area contributed by atoms with E-state index in [1.165, 1.54) is 5.69 Å². The number of para-hydroxylation sites is 2. The summed E-state index contributed by atoms with van der Waals surface area (Å²) in [7, 11) is 0. The lowest BCUT2D eigenvalue weighted by Crippen LogP contribution is -2.58. The topological polar surface area (TPSA) is 35.9 Å². The maximum atomic E-state index is 12.0. The highest BCUT2D eigenvalue weighted by Crippen LogP contribution is 2.67. The van der Waals surface area contributed by atoms with E-state index < -0.39 is 16.9 Å². The number of aliphatic hydroxyl groups is 1. The van der Waals surface area contributed by atoms with Crippen molar-refractivity contribution in [2.75, 3.05) is 22.9 Å². The lowest BCUT2D eigenvalue weighted by Gasteiger charge is -2.45. The van der Waals surface area contributed by atoms with Gasteiger partial charge in [0.05, 0.1) is 5.54 Å². The van der Waals surface area contributed by atoms with Crippen molar-refractivity contribution in [2.24, 2.45) is 0 Å². The third-order valence-electron chi connectivity index (χ3n) is 7.83. The van der Waals surface area contributed by atoms with Crippen LogP contribution in [-0.4, -0.2) is 29.5 Å². The smallest absolute Gasteiger partial charge is 0.178 e. The van der Waals surface area contributed by atoms with Crippen molar-refractivity contribution in [3.05, 3.63) is 85.0 Å². The molecule has 0 aromatic heterocycles. The number of rotatable bonds is 4. The van der Waals surface area contributed by atoms with E-state index in [9.17, 15) is 5.11 Å². The van der Waals surface area contributed by atoms with Gasteiger partial charge in [0, 0.05) is 42.0 Å². The second-order valence-electron chi connectivity index (χ2n) is 9.28. The molecule has 2 aromatic rings. The Morgan fingerprint density at radius 1 is 0.900 bits per heavy atom. The molecule has 1 N–H and O–H groups in total. The molecule has 0 saturated carbocycles. The fraction of sp³-hybridized carbons (Fsp3) is 0.385. The summed E-state index contributed by atoms with van der Waals surface area (Å²) < 4.78 is 7.14. The Balaban J connectivity index is 1.74. The van der Waals surface area contributed by atoms with E-state index in [0.29, 0.717) is 13.0 Å². The van der Waals surface area contributed by atoms with Gasteiger partial charge in [-0.05, 0) is 32.9 Å². The minimum atomic E-state index is -1.17. The fourth-order valence-corrected chi connectivity index (χ4v) is 6.21. The monoisotopic (exact) mass is 402 g/mol. The quantitative estimate of drug-likeness (QED) is 0.752. The second kappa shape index (κ2) is 5.99. The van der Waals surface area contributed by atoms with Crippen LogP contribution >= 0.6 is 0 Å². The standard InChI is InChI=1S/C26H30N2O2/c1-6-16-27-22-15-11-9-13-20(22)25(5)23(27,3)18-26(30-25)24(4,29)19-12-8-10-14-21(19)28(26)17-7-2/h6-15,29H,1-2,16-18H2,3-5H3/t23-,24-,25-,26-/m0/s1. The lowest BCUT2D eigenvalue weighted by atomic mass is 9.76. The van der Waals surface area contributed by atoms with Gasteiger partial charge < -0.3 is 19.6 Å². The SMILES string of the molecule is C=CCN1c2ccccc2[C@]2(C)O[C@]3(C[C@]12C)N(CC=C)c1ccccc1[C@]3(C)O.